The van der Waals surface area contributed by atoms with Crippen molar-refractivity contribution in [2.24, 2.45) is 0 Å². The molecule has 92 valence electrons. The van der Waals surface area contributed by atoms with Crippen molar-refractivity contribution in [3.05, 3.63) is 16.7 Å². The smallest absolute Gasteiger partial charge is 0.296 e. The zero-order chi connectivity index (χ0) is 13.3. The van der Waals surface area contributed by atoms with Gasteiger partial charge in [-0.25, -0.2) is 9.55 Å². The molecule has 9 heteroatoms. The number of nitrogens with one attached hydrogen (secondary N) is 2. The SMILES string of the molecule is CC(=O)Nc1nc2c(ncn2C(=O)C=O)c(=O)[nH]1. The van der Waals surface area contributed by atoms with Gasteiger partial charge in [-0.2, -0.15) is 4.98 Å². The van der Waals surface area contributed by atoms with Crippen molar-refractivity contribution in [1.29, 1.82) is 0 Å². The van der Waals surface area contributed by atoms with Crippen LogP contribution in [0.1, 0.15) is 11.7 Å². The Kier molecular flexibility index (Phi) is 2.72. The van der Waals surface area contributed by atoms with E-state index in [1.807, 2.05) is 0 Å². The van der Waals surface area contributed by atoms with Crippen LogP contribution in [-0.2, 0) is 9.59 Å². The highest BCUT2D eigenvalue weighted by molar-refractivity contribution is 6.26. The first-order chi connectivity index (χ1) is 8.52. The number of carbonyl (C=O) groups is 3. The van der Waals surface area contributed by atoms with E-state index in [-0.39, 0.29) is 23.4 Å². The van der Waals surface area contributed by atoms with Crippen molar-refractivity contribution in [2.75, 3.05) is 5.32 Å². The Balaban J connectivity index is 2.68. The van der Waals surface area contributed by atoms with Crippen molar-refractivity contribution >= 4 is 35.2 Å². The Morgan fingerprint density at radius 2 is 2.22 bits per heavy atom. The van der Waals surface area contributed by atoms with Gasteiger partial charge in [0.1, 0.15) is 6.33 Å². The van der Waals surface area contributed by atoms with Crippen LogP contribution < -0.4 is 10.9 Å². The lowest BCUT2D eigenvalue weighted by atomic mass is 10.5. The molecule has 0 radical (unpaired) electrons. The summed E-state index contributed by atoms with van der Waals surface area (Å²) in [5, 5.41) is 2.27. The minimum atomic E-state index is -0.913. The number of aldehydes is 1. The van der Waals surface area contributed by atoms with E-state index in [0.29, 0.717) is 0 Å². The molecule has 0 spiro atoms. The number of H-pyrrole nitrogens is 1. The number of carbonyl (C=O) groups excluding carboxylic acids is 3. The number of amides is 1. The van der Waals surface area contributed by atoms with Gasteiger partial charge in [-0.05, 0) is 0 Å². The molecule has 2 rings (SSSR count). The standard InChI is InChI=1S/C9H7N5O4/c1-4(16)11-9-12-7-6(8(18)13-9)10-3-14(7)5(17)2-15/h2-3H,1H3,(H2,11,12,13,16,18). The van der Waals surface area contributed by atoms with Gasteiger partial charge in [-0.1, -0.05) is 0 Å². The summed E-state index contributed by atoms with van der Waals surface area (Å²) in [6, 6.07) is 0. The fourth-order valence-corrected chi connectivity index (χ4v) is 1.35. The molecule has 2 aromatic rings. The Hall–Kier alpha value is -2.84. The molecule has 18 heavy (non-hydrogen) atoms. The van der Waals surface area contributed by atoms with E-state index in [1.54, 1.807) is 0 Å². The Morgan fingerprint density at radius 3 is 2.83 bits per heavy atom. The second-order valence-corrected chi connectivity index (χ2v) is 3.34. The topological polar surface area (TPSA) is 127 Å². The summed E-state index contributed by atoms with van der Waals surface area (Å²) in [5.74, 6) is -1.48. The average Bonchev–Trinajstić information content (AvgIpc) is 2.71. The largest absolute Gasteiger partial charge is 0.297 e. The number of nitrogens with zero attached hydrogens (tertiary/aromatic N) is 3. The van der Waals surface area contributed by atoms with Gasteiger partial charge in [0.2, 0.25) is 18.1 Å². The average molecular weight is 249 g/mol. The maximum atomic E-state index is 11.6. The molecule has 0 fully saturated rings. The van der Waals surface area contributed by atoms with E-state index in [2.05, 4.69) is 20.3 Å². The van der Waals surface area contributed by atoms with Gasteiger partial charge in [0.15, 0.2) is 11.2 Å². The van der Waals surface area contributed by atoms with Crippen LogP contribution in [0.5, 0.6) is 0 Å². The third-order valence-corrected chi connectivity index (χ3v) is 2.04. The van der Waals surface area contributed by atoms with Crippen LogP contribution in [0.25, 0.3) is 11.2 Å². The molecule has 2 aromatic heterocycles. The van der Waals surface area contributed by atoms with E-state index < -0.39 is 17.4 Å². The molecule has 0 saturated carbocycles. The molecule has 0 aromatic carbocycles. The fraction of sp³-hybridized carbons (Fsp3) is 0.111. The normalized spacial score (nSPS) is 10.3. The molecule has 2 N–H and O–H groups in total. The monoisotopic (exact) mass is 249 g/mol. The summed E-state index contributed by atoms with van der Waals surface area (Å²) in [6.07, 6.45) is 1.09. The van der Waals surface area contributed by atoms with Gasteiger partial charge >= 0.3 is 0 Å². The number of aromatic nitrogens is 4. The van der Waals surface area contributed by atoms with Crippen molar-refractivity contribution < 1.29 is 14.4 Å². The minimum absolute atomic E-state index is 0.0715. The van der Waals surface area contributed by atoms with Gasteiger partial charge in [0.05, 0.1) is 0 Å². The maximum Gasteiger partial charge on any atom is 0.297 e. The van der Waals surface area contributed by atoms with Gasteiger partial charge in [-0.3, -0.25) is 29.5 Å². The molecular formula is C9H7N5O4. The van der Waals surface area contributed by atoms with Crippen LogP contribution in [-0.4, -0.2) is 37.6 Å². The van der Waals surface area contributed by atoms with Crippen LogP contribution in [0.15, 0.2) is 11.1 Å². The molecule has 2 heterocycles. The molecule has 0 aliphatic heterocycles. The highest BCUT2D eigenvalue weighted by Gasteiger charge is 2.14. The summed E-state index contributed by atoms with van der Waals surface area (Å²) in [7, 11) is 0. The van der Waals surface area contributed by atoms with Gasteiger partial charge < -0.3 is 0 Å². The lowest BCUT2D eigenvalue weighted by Crippen LogP contribution is -2.18. The zero-order valence-electron chi connectivity index (χ0n) is 9.13. The second kappa shape index (κ2) is 4.20. The summed E-state index contributed by atoms with van der Waals surface area (Å²) < 4.78 is 0.822. The van der Waals surface area contributed by atoms with Crippen molar-refractivity contribution in [3.8, 4) is 0 Å². The summed E-state index contributed by atoms with van der Waals surface area (Å²) in [5.41, 5.74) is -0.819. The molecule has 0 aliphatic carbocycles. The van der Waals surface area contributed by atoms with Gasteiger partial charge in [-0.15, -0.1) is 0 Å². The first kappa shape index (κ1) is 11.6. The number of imidazole rings is 1. The number of hydrogen-bond acceptors (Lipinski definition) is 6. The molecule has 1 amide bonds. The molecule has 0 unspecified atom stereocenters. The van der Waals surface area contributed by atoms with Crippen LogP contribution >= 0.6 is 0 Å². The first-order valence-electron chi connectivity index (χ1n) is 4.77. The zero-order valence-corrected chi connectivity index (χ0v) is 9.13. The molecule has 0 saturated heterocycles. The lowest BCUT2D eigenvalue weighted by molar-refractivity contribution is -0.114. The molecule has 0 bridgehead atoms. The molecular weight excluding hydrogens is 242 g/mol. The fourth-order valence-electron chi connectivity index (χ4n) is 1.35. The van der Waals surface area contributed by atoms with E-state index in [4.69, 9.17) is 0 Å². The maximum absolute atomic E-state index is 11.6. The highest BCUT2D eigenvalue weighted by Crippen LogP contribution is 2.07. The van der Waals surface area contributed by atoms with E-state index in [1.165, 1.54) is 6.92 Å². The Labute approximate surface area is 98.8 Å². The summed E-state index contributed by atoms with van der Waals surface area (Å²) >= 11 is 0. The minimum Gasteiger partial charge on any atom is -0.296 e. The molecule has 0 atom stereocenters. The molecule has 9 nitrogen and oxygen atoms in total. The third-order valence-electron chi connectivity index (χ3n) is 2.04. The van der Waals surface area contributed by atoms with Crippen LogP contribution in [0.2, 0.25) is 0 Å². The van der Waals surface area contributed by atoms with Crippen LogP contribution in [0.3, 0.4) is 0 Å². The van der Waals surface area contributed by atoms with Crippen molar-refractivity contribution in [1.82, 2.24) is 19.5 Å². The highest BCUT2D eigenvalue weighted by atomic mass is 16.2. The number of anilines is 1. The van der Waals surface area contributed by atoms with Gasteiger partial charge in [0.25, 0.3) is 11.5 Å². The van der Waals surface area contributed by atoms with E-state index in [0.717, 1.165) is 10.9 Å². The third kappa shape index (κ3) is 1.88. The number of rotatable bonds is 2. The van der Waals surface area contributed by atoms with E-state index >= 15 is 0 Å². The van der Waals surface area contributed by atoms with Crippen molar-refractivity contribution in [3.63, 3.8) is 0 Å². The second-order valence-electron chi connectivity index (χ2n) is 3.34. The lowest BCUT2D eigenvalue weighted by Gasteiger charge is -2.01. The summed E-state index contributed by atoms with van der Waals surface area (Å²) in [6.45, 7) is 1.23. The quantitative estimate of drug-likeness (QED) is 0.514. The Bertz CT molecular complexity index is 713. The first-order valence-corrected chi connectivity index (χ1v) is 4.77. The predicted octanol–water partition coefficient (Wildman–Crippen LogP) is -1.08. The number of hydrogen-bond donors (Lipinski definition) is 2. The number of fused-ring (bicyclic) bond motifs is 1. The molecule has 0 aliphatic rings. The predicted molar refractivity (Wildman–Crippen MR) is 59.1 cm³/mol. The van der Waals surface area contributed by atoms with Gasteiger partial charge in [0, 0.05) is 6.92 Å². The van der Waals surface area contributed by atoms with Crippen molar-refractivity contribution in [2.45, 2.75) is 6.92 Å². The van der Waals surface area contributed by atoms with Crippen LogP contribution in [0, 0.1) is 0 Å². The van der Waals surface area contributed by atoms with E-state index in [9.17, 15) is 19.2 Å². The Morgan fingerprint density at radius 1 is 1.50 bits per heavy atom. The van der Waals surface area contributed by atoms with Crippen LogP contribution in [0.4, 0.5) is 5.95 Å². The summed E-state index contributed by atoms with van der Waals surface area (Å²) in [4.78, 5) is 53.9. The number of aromatic amines is 1.